The van der Waals surface area contributed by atoms with Gasteiger partial charge in [-0.3, -0.25) is 24.3 Å². The van der Waals surface area contributed by atoms with Gasteiger partial charge in [0.1, 0.15) is 0 Å². The van der Waals surface area contributed by atoms with Crippen molar-refractivity contribution in [3.05, 3.63) is 94.0 Å². The van der Waals surface area contributed by atoms with Crippen molar-refractivity contribution in [2.24, 2.45) is 0 Å². The van der Waals surface area contributed by atoms with Gasteiger partial charge < -0.3 is 0 Å². The average molecular weight is 384 g/mol. The molecule has 0 spiro atoms. The summed E-state index contributed by atoms with van der Waals surface area (Å²) < 4.78 is 1.61. The van der Waals surface area contributed by atoms with Crippen molar-refractivity contribution in [3.8, 4) is 0 Å². The van der Waals surface area contributed by atoms with Gasteiger partial charge in [-0.2, -0.15) is 0 Å². The number of nitro benzene ring substituents is 1. The van der Waals surface area contributed by atoms with E-state index in [0.29, 0.717) is 16.6 Å². The molecule has 0 unspecified atom stereocenters. The van der Waals surface area contributed by atoms with Crippen molar-refractivity contribution in [2.45, 2.75) is 6.92 Å². The Morgan fingerprint density at radius 1 is 0.931 bits per heavy atom. The summed E-state index contributed by atoms with van der Waals surface area (Å²) in [6, 6.07) is 18.9. The SMILES string of the molecule is CC(=O)n1c2ccccc2c2ccc(C(=O)C=Cc3ccc([N+](=O)[O-])cc3)cc21. The number of allylic oxidation sites excluding steroid dienone is 1. The summed E-state index contributed by atoms with van der Waals surface area (Å²) in [4.78, 5) is 35.1. The van der Waals surface area contributed by atoms with E-state index in [0.717, 1.165) is 16.3 Å². The molecule has 0 saturated heterocycles. The molecule has 0 aliphatic heterocycles. The molecule has 0 amide bonds. The summed E-state index contributed by atoms with van der Waals surface area (Å²) >= 11 is 0. The van der Waals surface area contributed by atoms with Crippen molar-refractivity contribution >= 4 is 45.3 Å². The Labute approximate surface area is 165 Å². The molecule has 1 heterocycles. The predicted octanol–water partition coefficient (Wildman–Crippen LogP) is 5.26. The van der Waals surface area contributed by atoms with Gasteiger partial charge in [-0.05, 0) is 35.9 Å². The fourth-order valence-electron chi connectivity index (χ4n) is 3.44. The van der Waals surface area contributed by atoms with E-state index in [-0.39, 0.29) is 17.4 Å². The molecular formula is C23H16N2O4. The second-order valence-electron chi connectivity index (χ2n) is 6.65. The van der Waals surface area contributed by atoms with Crippen molar-refractivity contribution in [3.63, 3.8) is 0 Å². The van der Waals surface area contributed by atoms with Gasteiger partial charge in [0.2, 0.25) is 5.91 Å². The number of para-hydroxylation sites is 1. The zero-order chi connectivity index (χ0) is 20.5. The molecule has 0 aliphatic carbocycles. The van der Waals surface area contributed by atoms with Crippen LogP contribution in [-0.2, 0) is 0 Å². The molecule has 0 radical (unpaired) electrons. The first-order chi connectivity index (χ1) is 14.0. The lowest BCUT2D eigenvalue weighted by atomic mass is 10.1. The zero-order valence-electron chi connectivity index (χ0n) is 15.5. The molecule has 0 N–H and O–H groups in total. The van der Waals surface area contributed by atoms with Gasteiger partial charge in [0.25, 0.3) is 5.69 Å². The summed E-state index contributed by atoms with van der Waals surface area (Å²) in [6.07, 6.45) is 3.03. The maximum absolute atomic E-state index is 12.6. The molecule has 6 heteroatoms. The number of non-ortho nitro benzene ring substituents is 1. The molecule has 142 valence electrons. The molecule has 0 atom stereocenters. The predicted molar refractivity (Wildman–Crippen MR) is 112 cm³/mol. The second kappa shape index (κ2) is 7.16. The highest BCUT2D eigenvalue weighted by Crippen LogP contribution is 2.29. The lowest BCUT2D eigenvalue weighted by Gasteiger charge is -2.03. The smallest absolute Gasteiger partial charge is 0.269 e. The molecule has 0 bridgehead atoms. The van der Waals surface area contributed by atoms with Crippen LogP contribution in [0.5, 0.6) is 0 Å². The van der Waals surface area contributed by atoms with Crippen molar-refractivity contribution < 1.29 is 14.5 Å². The Bertz CT molecular complexity index is 1310. The summed E-state index contributed by atoms with van der Waals surface area (Å²) in [5, 5.41) is 12.6. The van der Waals surface area contributed by atoms with Crippen LogP contribution in [0.4, 0.5) is 5.69 Å². The summed E-state index contributed by atoms with van der Waals surface area (Å²) in [5.41, 5.74) is 2.63. The van der Waals surface area contributed by atoms with E-state index < -0.39 is 4.92 Å². The van der Waals surface area contributed by atoms with Gasteiger partial charge in [0.15, 0.2) is 5.78 Å². The van der Waals surface area contributed by atoms with Gasteiger partial charge in [-0.1, -0.05) is 36.4 Å². The number of nitrogens with zero attached hydrogens (tertiary/aromatic N) is 2. The number of fused-ring (bicyclic) bond motifs is 3. The van der Waals surface area contributed by atoms with E-state index in [1.54, 1.807) is 34.9 Å². The standard InChI is InChI=1S/C23H16N2O4/c1-15(26)24-21-5-3-2-4-19(21)20-12-9-17(14-22(20)24)23(27)13-8-16-6-10-18(11-7-16)25(28)29/h2-14H,1H3. The maximum Gasteiger partial charge on any atom is 0.269 e. The Morgan fingerprint density at radius 3 is 2.31 bits per heavy atom. The monoisotopic (exact) mass is 384 g/mol. The zero-order valence-corrected chi connectivity index (χ0v) is 15.5. The number of carbonyl (C=O) groups is 2. The van der Waals surface area contributed by atoms with E-state index in [4.69, 9.17) is 0 Å². The highest BCUT2D eigenvalue weighted by atomic mass is 16.6. The molecular weight excluding hydrogens is 368 g/mol. The van der Waals surface area contributed by atoms with Crippen LogP contribution >= 0.6 is 0 Å². The normalized spacial score (nSPS) is 11.3. The molecule has 4 rings (SSSR count). The number of ketones is 1. The fourth-order valence-corrected chi connectivity index (χ4v) is 3.44. The van der Waals surface area contributed by atoms with E-state index in [1.165, 1.54) is 25.1 Å². The first-order valence-corrected chi connectivity index (χ1v) is 8.97. The highest BCUT2D eigenvalue weighted by molar-refractivity contribution is 6.16. The maximum atomic E-state index is 12.6. The molecule has 29 heavy (non-hydrogen) atoms. The van der Waals surface area contributed by atoms with Crippen LogP contribution in [-0.4, -0.2) is 21.2 Å². The fraction of sp³-hybridized carbons (Fsp3) is 0.0435. The van der Waals surface area contributed by atoms with Crippen LogP contribution in [0.2, 0.25) is 0 Å². The summed E-state index contributed by atoms with van der Waals surface area (Å²) in [5.74, 6) is -0.340. The Balaban J connectivity index is 1.71. The van der Waals surface area contributed by atoms with Crippen molar-refractivity contribution in [2.75, 3.05) is 0 Å². The summed E-state index contributed by atoms with van der Waals surface area (Å²) in [6.45, 7) is 1.49. The number of hydrogen-bond acceptors (Lipinski definition) is 4. The number of aromatic nitrogens is 1. The number of rotatable bonds is 4. The van der Waals surface area contributed by atoms with Crippen LogP contribution in [0, 0.1) is 10.1 Å². The third-order valence-corrected chi connectivity index (χ3v) is 4.80. The van der Waals surface area contributed by atoms with Gasteiger partial charge in [0, 0.05) is 35.4 Å². The first-order valence-electron chi connectivity index (χ1n) is 8.97. The molecule has 0 saturated carbocycles. The van der Waals surface area contributed by atoms with Crippen molar-refractivity contribution in [1.29, 1.82) is 0 Å². The molecule has 3 aromatic carbocycles. The lowest BCUT2D eigenvalue weighted by Crippen LogP contribution is -2.05. The number of hydrogen-bond donors (Lipinski definition) is 0. The number of carbonyl (C=O) groups excluding carboxylic acids is 2. The Hall–Kier alpha value is -4.06. The molecule has 1 aromatic heterocycles. The van der Waals surface area contributed by atoms with Gasteiger partial charge in [-0.25, -0.2) is 0 Å². The van der Waals surface area contributed by atoms with Gasteiger partial charge in [-0.15, -0.1) is 0 Å². The molecule has 0 aliphatic rings. The van der Waals surface area contributed by atoms with Crippen LogP contribution in [0.25, 0.3) is 27.9 Å². The number of nitro groups is 1. The van der Waals surface area contributed by atoms with Crippen LogP contribution in [0.1, 0.15) is 27.6 Å². The van der Waals surface area contributed by atoms with E-state index in [9.17, 15) is 19.7 Å². The van der Waals surface area contributed by atoms with Crippen LogP contribution in [0.3, 0.4) is 0 Å². The Kier molecular flexibility index (Phi) is 4.52. The van der Waals surface area contributed by atoms with Crippen molar-refractivity contribution in [1.82, 2.24) is 4.57 Å². The second-order valence-corrected chi connectivity index (χ2v) is 6.65. The third-order valence-electron chi connectivity index (χ3n) is 4.80. The third kappa shape index (κ3) is 3.32. The highest BCUT2D eigenvalue weighted by Gasteiger charge is 2.14. The van der Waals surface area contributed by atoms with Gasteiger partial charge in [0.05, 0.1) is 16.0 Å². The van der Waals surface area contributed by atoms with E-state index >= 15 is 0 Å². The molecule has 0 fully saturated rings. The first kappa shape index (κ1) is 18.3. The minimum absolute atomic E-state index is 0.00371. The summed E-state index contributed by atoms with van der Waals surface area (Å²) in [7, 11) is 0. The number of benzene rings is 3. The molecule has 6 nitrogen and oxygen atoms in total. The minimum atomic E-state index is -0.470. The van der Waals surface area contributed by atoms with Gasteiger partial charge >= 0.3 is 0 Å². The Morgan fingerprint density at radius 2 is 1.62 bits per heavy atom. The largest absolute Gasteiger partial charge is 0.289 e. The minimum Gasteiger partial charge on any atom is -0.289 e. The van der Waals surface area contributed by atoms with E-state index in [2.05, 4.69) is 0 Å². The van der Waals surface area contributed by atoms with E-state index in [1.807, 2.05) is 30.3 Å². The average Bonchev–Trinajstić information content (AvgIpc) is 3.06. The topological polar surface area (TPSA) is 82.2 Å². The molecule has 4 aromatic rings. The lowest BCUT2D eigenvalue weighted by molar-refractivity contribution is -0.384. The van der Waals surface area contributed by atoms with Crippen LogP contribution < -0.4 is 0 Å². The quantitative estimate of drug-likeness (QED) is 0.208. The van der Waals surface area contributed by atoms with Crippen LogP contribution in [0.15, 0.2) is 72.8 Å².